The maximum Gasteiger partial charge on any atom is 0.187 e. The predicted octanol–water partition coefficient (Wildman–Crippen LogP) is 14.0. The van der Waals surface area contributed by atoms with E-state index in [1.54, 1.807) is 0 Å². The summed E-state index contributed by atoms with van der Waals surface area (Å²) in [6, 6.07) is 50.8. The van der Waals surface area contributed by atoms with Crippen LogP contribution in [0.3, 0.4) is 0 Å². The third-order valence-corrected chi connectivity index (χ3v) is 11.9. The summed E-state index contributed by atoms with van der Waals surface area (Å²) in [5.74, 6) is 0. The van der Waals surface area contributed by atoms with Crippen LogP contribution in [0.15, 0.2) is 127 Å². The number of rotatable bonds is 3. The second kappa shape index (κ2) is 12.5. The van der Waals surface area contributed by atoms with Crippen LogP contribution in [0.25, 0.3) is 104 Å². The van der Waals surface area contributed by atoms with E-state index in [4.69, 9.17) is 6.57 Å². The first-order chi connectivity index (χ1) is 27.8. The van der Waals surface area contributed by atoms with E-state index in [-0.39, 0.29) is 0 Å². The summed E-state index contributed by atoms with van der Waals surface area (Å²) in [4.78, 5) is 3.81. The average Bonchev–Trinajstić information content (AvgIpc) is 3.55. The van der Waals surface area contributed by atoms with Crippen molar-refractivity contribution in [2.45, 2.75) is 20.8 Å². The number of fused-ring (bicyclic) bond motifs is 8. The van der Waals surface area contributed by atoms with Gasteiger partial charge in [-0.1, -0.05) is 60.7 Å². The van der Waals surface area contributed by atoms with Crippen LogP contribution in [0.4, 0.5) is 5.69 Å². The summed E-state index contributed by atoms with van der Waals surface area (Å²) in [6.45, 7) is 14.1. The van der Waals surface area contributed by atoms with Gasteiger partial charge in [-0.05, 0) is 203 Å². The molecule has 0 saturated heterocycles. The molecular weight excluding hydrogens is 693 g/mol. The number of hydrogen-bond donors (Lipinski definition) is 0. The Labute approximate surface area is 330 Å². The Hall–Kier alpha value is -8.02. The van der Waals surface area contributed by atoms with Crippen LogP contribution < -0.4 is 0 Å². The average molecular weight is 723 g/mol. The van der Waals surface area contributed by atoms with Gasteiger partial charge in [0.1, 0.15) is 0 Å². The summed E-state index contributed by atoms with van der Waals surface area (Å²) in [6.07, 6.45) is 0. The lowest BCUT2D eigenvalue weighted by molar-refractivity contribution is 1.42. The zero-order chi connectivity index (χ0) is 39.1. The molecule has 4 nitrogen and oxygen atoms in total. The minimum absolute atomic E-state index is 0.567. The molecular formula is C53H30N4. The Bertz CT molecular complexity index is 3490. The van der Waals surface area contributed by atoms with Crippen molar-refractivity contribution in [2.75, 3.05) is 0 Å². The van der Waals surface area contributed by atoms with Gasteiger partial charge in [0.15, 0.2) is 5.69 Å². The maximum atomic E-state index is 9.76. The third kappa shape index (κ3) is 4.96. The van der Waals surface area contributed by atoms with Crippen molar-refractivity contribution in [1.82, 2.24) is 0 Å². The molecule has 0 N–H and O–H groups in total. The van der Waals surface area contributed by atoms with Gasteiger partial charge < -0.3 is 0 Å². The molecule has 57 heavy (non-hydrogen) atoms. The van der Waals surface area contributed by atoms with Crippen LogP contribution in [-0.4, -0.2) is 0 Å². The molecule has 0 atom stereocenters. The van der Waals surface area contributed by atoms with Gasteiger partial charge in [0.2, 0.25) is 0 Å². The van der Waals surface area contributed by atoms with Crippen LogP contribution in [-0.2, 0) is 0 Å². The second-order valence-electron chi connectivity index (χ2n) is 15.0. The Morgan fingerprint density at radius 2 is 0.807 bits per heavy atom. The molecule has 262 valence electrons. The topological polar surface area (TPSA) is 75.7 Å². The van der Waals surface area contributed by atoms with E-state index in [1.165, 1.54) is 33.0 Å². The molecule has 0 aromatic heterocycles. The van der Waals surface area contributed by atoms with Gasteiger partial charge in [-0.2, -0.15) is 15.8 Å². The van der Waals surface area contributed by atoms with E-state index < -0.39 is 0 Å². The van der Waals surface area contributed by atoms with Crippen molar-refractivity contribution in [1.29, 1.82) is 15.8 Å². The fourth-order valence-corrected chi connectivity index (χ4v) is 9.24. The number of nitriles is 3. The molecule has 0 heterocycles. The monoisotopic (exact) mass is 722 g/mol. The largest absolute Gasteiger partial charge is 0.238 e. The summed E-state index contributed by atoms with van der Waals surface area (Å²) in [5.41, 5.74) is 16.7. The highest BCUT2D eigenvalue weighted by atomic mass is 14.6. The maximum absolute atomic E-state index is 9.76. The fraction of sp³-hybridized carbons (Fsp3) is 0.0566. The summed E-state index contributed by atoms with van der Waals surface area (Å²) >= 11 is 0. The minimum atomic E-state index is 0.567. The van der Waals surface area contributed by atoms with Crippen LogP contribution in [0.2, 0.25) is 0 Å². The van der Waals surface area contributed by atoms with Crippen molar-refractivity contribution in [3.63, 3.8) is 0 Å². The standard InChI is InChI=1S/C53H30N4/c1-29-18-32(26-54)8-12-36(29)39-16-17-43-49-25-50-46(38-14-10-34(28-56)20-31(38)3)22-47-40-15-11-35(57-4)21-44(40)45(37-13-9-33(27-55)19-30(37)2)23-51(47)52(50)24-48(49)42-7-5-6-41(39)53(42)43/h5-25H,1-3H3. The van der Waals surface area contributed by atoms with Gasteiger partial charge in [0, 0.05) is 0 Å². The van der Waals surface area contributed by atoms with Crippen LogP contribution in [0, 0.1) is 61.3 Å². The first-order valence-corrected chi connectivity index (χ1v) is 18.8. The van der Waals surface area contributed by atoms with Crippen molar-refractivity contribution in [2.24, 2.45) is 0 Å². The number of aryl methyl sites for hydroxylation is 3. The number of benzene rings is 9. The van der Waals surface area contributed by atoms with Crippen molar-refractivity contribution in [3.8, 4) is 73.8 Å². The highest BCUT2D eigenvalue weighted by molar-refractivity contribution is 6.28. The Morgan fingerprint density at radius 1 is 0.368 bits per heavy atom. The molecule has 9 aromatic carbocycles. The lowest BCUT2D eigenvalue weighted by Crippen LogP contribution is -1.93. The molecule has 0 unspecified atom stereocenters. The smallest absolute Gasteiger partial charge is 0.187 e. The molecule has 10 rings (SSSR count). The van der Waals surface area contributed by atoms with Gasteiger partial charge in [-0.25, -0.2) is 4.85 Å². The van der Waals surface area contributed by atoms with E-state index in [0.29, 0.717) is 22.4 Å². The SMILES string of the molecule is [C-]#[N+]c1ccc2c(c1)c(-c1ccc(C#N)cc1C)cc1c3cc4c(cc3c(-c3ccc(C#N)cc3C)cc21)-c1ccc(-c2ccc(C#N)cc2C)c2cccc-4c12. The molecule has 0 fully saturated rings. The van der Waals surface area contributed by atoms with E-state index in [0.717, 1.165) is 82.4 Å². The summed E-state index contributed by atoms with van der Waals surface area (Å²) in [5, 5.41) is 37.8. The molecule has 0 bridgehead atoms. The van der Waals surface area contributed by atoms with Crippen LogP contribution >= 0.6 is 0 Å². The fourth-order valence-electron chi connectivity index (χ4n) is 9.24. The summed E-state index contributed by atoms with van der Waals surface area (Å²) < 4.78 is 0. The molecule has 1 aliphatic carbocycles. The van der Waals surface area contributed by atoms with E-state index >= 15 is 0 Å². The van der Waals surface area contributed by atoms with Gasteiger partial charge in [-0.15, -0.1) is 0 Å². The Morgan fingerprint density at radius 3 is 1.35 bits per heavy atom. The number of nitrogens with zero attached hydrogens (tertiary/aromatic N) is 4. The van der Waals surface area contributed by atoms with Crippen molar-refractivity contribution < 1.29 is 0 Å². The van der Waals surface area contributed by atoms with Gasteiger partial charge >= 0.3 is 0 Å². The molecule has 0 spiro atoms. The number of hydrogen-bond acceptors (Lipinski definition) is 3. The molecule has 9 aromatic rings. The Balaban J connectivity index is 1.33. The summed E-state index contributed by atoms with van der Waals surface area (Å²) in [7, 11) is 0. The van der Waals surface area contributed by atoms with Crippen molar-refractivity contribution >= 4 is 48.8 Å². The molecule has 4 heteroatoms. The van der Waals surface area contributed by atoms with Crippen LogP contribution in [0.1, 0.15) is 33.4 Å². The molecule has 0 saturated carbocycles. The molecule has 0 radical (unpaired) electrons. The minimum Gasteiger partial charge on any atom is -0.238 e. The van der Waals surface area contributed by atoms with Crippen molar-refractivity contribution in [3.05, 3.63) is 172 Å². The molecule has 0 aliphatic heterocycles. The zero-order valence-corrected chi connectivity index (χ0v) is 31.4. The lowest BCUT2D eigenvalue weighted by Gasteiger charge is -2.19. The van der Waals surface area contributed by atoms with E-state index in [1.807, 2.05) is 61.5 Å². The van der Waals surface area contributed by atoms with Gasteiger partial charge in [-0.3, -0.25) is 0 Å². The second-order valence-corrected chi connectivity index (χ2v) is 15.0. The first-order valence-electron chi connectivity index (χ1n) is 18.8. The molecule has 0 amide bonds. The third-order valence-electron chi connectivity index (χ3n) is 11.9. The van der Waals surface area contributed by atoms with E-state index in [2.05, 4.69) is 110 Å². The van der Waals surface area contributed by atoms with E-state index in [9.17, 15) is 15.8 Å². The van der Waals surface area contributed by atoms with Gasteiger partial charge in [0.25, 0.3) is 0 Å². The highest BCUT2D eigenvalue weighted by Crippen LogP contribution is 2.53. The predicted molar refractivity (Wildman–Crippen MR) is 232 cm³/mol. The van der Waals surface area contributed by atoms with Crippen LogP contribution in [0.5, 0.6) is 0 Å². The zero-order valence-electron chi connectivity index (χ0n) is 31.4. The van der Waals surface area contributed by atoms with Gasteiger partial charge in [0.05, 0.1) is 41.5 Å². The quantitative estimate of drug-likeness (QED) is 0.135. The normalized spacial score (nSPS) is 11.4. The highest BCUT2D eigenvalue weighted by Gasteiger charge is 2.26. The lowest BCUT2D eigenvalue weighted by atomic mass is 9.84. The Kier molecular flexibility index (Phi) is 7.37. The molecule has 1 aliphatic rings. The first kappa shape index (κ1) is 33.5.